The summed E-state index contributed by atoms with van der Waals surface area (Å²) in [6, 6.07) is 0.150. The van der Waals surface area contributed by atoms with Crippen LogP contribution in [0.1, 0.15) is 64.2 Å². The van der Waals surface area contributed by atoms with Gasteiger partial charge in [-0.2, -0.15) is 0 Å². The van der Waals surface area contributed by atoms with E-state index in [0.29, 0.717) is 13.0 Å². The van der Waals surface area contributed by atoms with Crippen LogP contribution in [0.3, 0.4) is 0 Å². The topological polar surface area (TPSA) is 64.7 Å². The monoisotopic (exact) mass is 364 g/mol. The Labute approximate surface area is 158 Å². The zero-order valence-electron chi connectivity index (χ0n) is 16.2. The maximum absolute atomic E-state index is 12.1. The van der Waals surface area contributed by atoms with Crippen LogP contribution in [0.25, 0.3) is 0 Å². The molecule has 0 aromatic rings. The van der Waals surface area contributed by atoms with Gasteiger partial charge in [0, 0.05) is 51.7 Å². The van der Waals surface area contributed by atoms with E-state index >= 15 is 0 Å². The molecule has 0 unspecified atom stereocenters. The molecule has 6 nitrogen and oxygen atoms in total. The van der Waals surface area contributed by atoms with E-state index in [2.05, 4.69) is 15.5 Å². The Morgan fingerprint density at radius 1 is 0.846 bits per heavy atom. The van der Waals surface area contributed by atoms with Crippen molar-refractivity contribution in [3.05, 3.63) is 0 Å². The Morgan fingerprint density at radius 3 is 2.23 bits per heavy atom. The van der Waals surface area contributed by atoms with Crippen molar-refractivity contribution >= 4 is 11.9 Å². The fraction of sp³-hybridized carbons (Fsp3) is 0.900. The first-order valence-corrected chi connectivity index (χ1v) is 10.8. The number of urea groups is 1. The van der Waals surface area contributed by atoms with E-state index in [-0.39, 0.29) is 18.0 Å². The zero-order valence-corrected chi connectivity index (χ0v) is 16.2. The second-order valence-corrected chi connectivity index (χ2v) is 8.32. The molecule has 3 aliphatic rings. The summed E-state index contributed by atoms with van der Waals surface area (Å²) in [5.74, 6) is 1.06. The molecule has 2 N–H and O–H groups in total. The number of piperidine rings is 1. The number of rotatable bonds is 6. The van der Waals surface area contributed by atoms with E-state index < -0.39 is 0 Å². The maximum atomic E-state index is 12.1. The number of nitrogens with zero attached hydrogens (tertiary/aromatic N) is 2. The van der Waals surface area contributed by atoms with Gasteiger partial charge in [0.15, 0.2) is 0 Å². The van der Waals surface area contributed by atoms with Crippen LogP contribution >= 0.6 is 0 Å². The van der Waals surface area contributed by atoms with Crippen molar-refractivity contribution in [3.63, 3.8) is 0 Å². The Hall–Kier alpha value is -1.30. The van der Waals surface area contributed by atoms with Crippen LogP contribution in [0.4, 0.5) is 4.79 Å². The van der Waals surface area contributed by atoms with Gasteiger partial charge in [-0.3, -0.25) is 4.79 Å². The van der Waals surface area contributed by atoms with Crippen molar-refractivity contribution in [1.82, 2.24) is 20.4 Å². The van der Waals surface area contributed by atoms with Crippen molar-refractivity contribution in [2.75, 3.05) is 39.3 Å². The zero-order chi connectivity index (χ0) is 18.2. The van der Waals surface area contributed by atoms with Gasteiger partial charge < -0.3 is 20.4 Å². The lowest BCUT2D eigenvalue weighted by Crippen LogP contribution is -2.49. The summed E-state index contributed by atoms with van der Waals surface area (Å²) in [5.41, 5.74) is 0. The molecule has 3 amide bonds. The molecular formula is C20H36N4O2. The van der Waals surface area contributed by atoms with Gasteiger partial charge >= 0.3 is 6.03 Å². The van der Waals surface area contributed by atoms with Gasteiger partial charge in [-0.15, -0.1) is 0 Å². The number of nitrogens with one attached hydrogen (secondary N) is 2. The number of likely N-dealkylation sites (tertiary alicyclic amines) is 2. The Bertz CT molecular complexity index is 451. The second kappa shape index (κ2) is 10.1. The van der Waals surface area contributed by atoms with E-state index in [1.807, 2.05) is 4.90 Å². The lowest BCUT2D eigenvalue weighted by molar-refractivity contribution is -0.129. The largest absolute Gasteiger partial charge is 0.343 e. The van der Waals surface area contributed by atoms with E-state index in [9.17, 15) is 9.59 Å². The minimum Gasteiger partial charge on any atom is -0.343 e. The molecule has 6 heteroatoms. The molecular weight excluding hydrogens is 328 g/mol. The normalized spacial score (nSPS) is 23.2. The molecule has 1 aliphatic carbocycles. The third kappa shape index (κ3) is 6.15. The lowest BCUT2D eigenvalue weighted by atomic mass is 9.88. The van der Waals surface area contributed by atoms with Crippen LogP contribution in [-0.4, -0.2) is 67.0 Å². The van der Waals surface area contributed by atoms with Gasteiger partial charge in [-0.25, -0.2) is 4.79 Å². The summed E-state index contributed by atoms with van der Waals surface area (Å²) in [6.45, 7) is 5.62. The highest BCUT2D eigenvalue weighted by Gasteiger charge is 2.24. The van der Waals surface area contributed by atoms with Gasteiger partial charge in [0.1, 0.15) is 0 Å². The predicted molar refractivity (Wildman–Crippen MR) is 103 cm³/mol. The summed E-state index contributed by atoms with van der Waals surface area (Å²) in [6.07, 6.45) is 11.7. The van der Waals surface area contributed by atoms with Crippen molar-refractivity contribution in [1.29, 1.82) is 0 Å². The molecule has 2 saturated heterocycles. The van der Waals surface area contributed by atoms with E-state index in [1.54, 1.807) is 0 Å². The molecule has 1 saturated carbocycles. The average molecular weight is 365 g/mol. The summed E-state index contributed by atoms with van der Waals surface area (Å²) < 4.78 is 0. The fourth-order valence-corrected chi connectivity index (χ4v) is 4.64. The maximum Gasteiger partial charge on any atom is 0.315 e. The van der Waals surface area contributed by atoms with Gasteiger partial charge in [0.25, 0.3) is 0 Å². The standard InChI is InChI=1S/C20H36N4O2/c25-19(24-12-4-5-13-24)8-11-21-20(26)22-18-9-14-23(15-10-18)16-17-6-2-1-3-7-17/h17-18H,1-16H2,(H2,21,22,26). The van der Waals surface area contributed by atoms with Crippen LogP contribution in [0, 0.1) is 5.92 Å². The Kier molecular flexibility index (Phi) is 7.59. The Balaban J connectivity index is 1.25. The fourth-order valence-electron chi connectivity index (χ4n) is 4.64. The Morgan fingerprint density at radius 2 is 1.54 bits per heavy atom. The van der Waals surface area contributed by atoms with Gasteiger partial charge in [-0.1, -0.05) is 19.3 Å². The van der Waals surface area contributed by atoms with Gasteiger partial charge in [-0.05, 0) is 44.4 Å². The summed E-state index contributed by atoms with van der Waals surface area (Å²) >= 11 is 0. The molecule has 0 spiro atoms. The van der Waals surface area contributed by atoms with Crippen molar-refractivity contribution in [2.24, 2.45) is 5.92 Å². The smallest absolute Gasteiger partial charge is 0.315 e. The van der Waals surface area contributed by atoms with Crippen LogP contribution in [0.5, 0.6) is 0 Å². The van der Waals surface area contributed by atoms with Crippen molar-refractivity contribution < 1.29 is 9.59 Å². The molecule has 2 aliphatic heterocycles. The highest BCUT2D eigenvalue weighted by atomic mass is 16.2. The molecule has 3 fully saturated rings. The minimum atomic E-state index is -0.120. The molecule has 0 bridgehead atoms. The third-order valence-electron chi connectivity index (χ3n) is 6.25. The highest BCUT2D eigenvalue weighted by molar-refractivity contribution is 5.78. The quantitative estimate of drug-likeness (QED) is 0.760. The van der Waals surface area contributed by atoms with Crippen molar-refractivity contribution in [3.8, 4) is 0 Å². The number of amides is 3. The van der Waals surface area contributed by atoms with Crippen LogP contribution in [-0.2, 0) is 4.79 Å². The van der Waals surface area contributed by atoms with Crippen LogP contribution < -0.4 is 10.6 Å². The molecule has 26 heavy (non-hydrogen) atoms. The summed E-state index contributed by atoms with van der Waals surface area (Å²) in [4.78, 5) is 28.5. The lowest BCUT2D eigenvalue weighted by Gasteiger charge is -2.35. The molecule has 148 valence electrons. The van der Waals surface area contributed by atoms with Gasteiger partial charge in [0.2, 0.25) is 5.91 Å². The highest BCUT2D eigenvalue weighted by Crippen LogP contribution is 2.25. The van der Waals surface area contributed by atoms with Crippen molar-refractivity contribution in [2.45, 2.75) is 70.3 Å². The number of carbonyl (C=O) groups is 2. The number of hydrogen-bond donors (Lipinski definition) is 2. The van der Waals surface area contributed by atoms with E-state index in [4.69, 9.17) is 0 Å². The van der Waals surface area contributed by atoms with Crippen LogP contribution in [0.2, 0.25) is 0 Å². The molecule has 0 aromatic carbocycles. The number of hydrogen-bond acceptors (Lipinski definition) is 3. The summed E-state index contributed by atoms with van der Waals surface area (Å²) in [7, 11) is 0. The minimum absolute atomic E-state index is 0.120. The molecule has 0 aromatic heterocycles. The average Bonchev–Trinajstić information content (AvgIpc) is 3.19. The first-order valence-electron chi connectivity index (χ1n) is 10.8. The SMILES string of the molecule is O=C(NCCC(=O)N1CCCC1)NC1CCN(CC2CCCCC2)CC1. The van der Waals surface area contributed by atoms with E-state index in [1.165, 1.54) is 38.6 Å². The molecule has 3 rings (SSSR count). The number of carbonyl (C=O) groups excluding carboxylic acids is 2. The predicted octanol–water partition coefficient (Wildman–Crippen LogP) is 2.34. The summed E-state index contributed by atoms with van der Waals surface area (Å²) in [5, 5.41) is 5.93. The molecule has 2 heterocycles. The first-order chi connectivity index (χ1) is 12.7. The third-order valence-corrected chi connectivity index (χ3v) is 6.25. The van der Waals surface area contributed by atoms with Gasteiger partial charge in [0.05, 0.1) is 0 Å². The molecule has 0 atom stereocenters. The van der Waals surface area contributed by atoms with E-state index in [0.717, 1.165) is 57.8 Å². The van der Waals surface area contributed by atoms with Crippen LogP contribution in [0.15, 0.2) is 0 Å². The first kappa shape index (κ1) is 19.5. The molecule has 0 radical (unpaired) electrons. The second-order valence-electron chi connectivity index (χ2n) is 8.32.